The first kappa shape index (κ1) is 13.0. The fourth-order valence-corrected chi connectivity index (χ4v) is 2.17. The minimum absolute atomic E-state index is 0.877. The lowest BCUT2D eigenvalue weighted by molar-refractivity contribution is 1.09. The second-order valence-electron chi connectivity index (χ2n) is 4.49. The third kappa shape index (κ3) is 2.34. The van der Waals surface area contributed by atoms with Gasteiger partial charge in [0.05, 0.1) is 0 Å². The predicted octanol–water partition coefficient (Wildman–Crippen LogP) is 3.86. The molecule has 0 spiro atoms. The lowest BCUT2D eigenvalue weighted by atomic mass is 9.88. The standard InChI is InChI=1S/C15H23N/c1-7-16-9-8-15-13(5)11(3)10(2)12(4)14(15)6/h9H,7-8H2,1-6H3. The molecule has 1 rings (SSSR count). The van der Waals surface area contributed by atoms with E-state index in [1.165, 1.54) is 33.4 Å². The van der Waals surface area contributed by atoms with Crippen molar-refractivity contribution in [3.63, 3.8) is 0 Å². The highest BCUT2D eigenvalue weighted by molar-refractivity contribution is 5.65. The van der Waals surface area contributed by atoms with Gasteiger partial charge in [-0.05, 0) is 74.9 Å². The molecule has 0 aliphatic heterocycles. The molecule has 0 unspecified atom stereocenters. The number of benzene rings is 1. The summed E-state index contributed by atoms with van der Waals surface area (Å²) in [7, 11) is 0. The Morgan fingerprint density at radius 2 is 1.25 bits per heavy atom. The van der Waals surface area contributed by atoms with Crippen LogP contribution >= 0.6 is 0 Å². The SMILES string of the molecule is CCN=CCc1c(C)c(C)c(C)c(C)c1C. The summed E-state index contributed by atoms with van der Waals surface area (Å²) < 4.78 is 0. The van der Waals surface area contributed by atoms with Crippen molar-refractivity contribution in [2.45, 2.75) is 48.0 Å². The lowest BCUT2D eigenvalue weighted by Crippen LogP contribution is -2.03. The summed E-state index contributed by atoms with van der Waals surface area (Å²) >= 11 is 0. The monoisotopic (exact) mass is 217 g/mol. The van der Waals surface area contributed by atoms with Gasteiger partial charge in [-0.2, -0.15) is 0 Å². The molecule has 0 aliphatic carbocycles. The van der Waals surface area contributed by atoms with Gasteiger partial charge >= 0.3 is 0 Å². The Morgan fingerprint density at radius 3 is 1.69 bits per heavy atom. The maximum Gasteiger partial charge on any atom is 0.0357 e. The minimum Gasteiger partial charge on any atom is -0.297 e. The van der Waals surface area contributed by atoms with Crippen molar-refractivity contribution >= 4 is 6.21 Å². The first-order valence-electron chi connectivity index (χ1n) is 6.04. The fraction of sp³-hybridized carbons (Fsp3) is 0.533. The third-order valence-corrected chi connectivity index (χ3v) is 3.76. The average Bonchev–Trinajstić information content (AvgIpc) is 2.28. The van der Waals surface area contributed by atoms with Gasteiger partial charge in [0, 0.05) is 19.2 Å². The molecule has 1 heteroatoms. The van der Waals surface area contributed by atoms with E-state index in [1.807, 2.05) is 6.21 Å². The Bertz CT molecular complexity index is 385. The summed E-state index contributed by atoms with van der Waals surface area (Å²) in [5.74, 6) is 0. The molecule has 88 valence electrons. The van der Waals surface area contributed by atoms with Gasteiger partial charge in [-0.25, -0.2) is 0 Å². The fourth-order valence-electron chi connectivity index (χ4n) is 2.17. The van der Waals surface area contributed by atoms with Crippen LogP contribution in [0.5, 0.6) is 0 Å². The molecular formula is C15H23N. The summed E-state index contributed by atoms with van der Waals surface area (Å²) in [4.78, 5) is 4.31. The summed E-state index contributed by atoms with van der Waals surface area (Å²) in [6.07, 6.45) is 3.01. The summed E-state index contributed by atoms with van der Waals surface area (Å²) in [5.41, 5.74) is 8.63. The Labute approximate surface area is 99.6 Å². The molecule has 0 radical (unpaired) electrons. The first-order valence-corrected chi connectivity index (χ1v) is 6.04. The number of hydrogen-bond acceptors (Lipinski definition) is 1. The van der Waals surface area contributed by atoms with Crippen LogP contribution in [0.25, 0.3) is 0 Å². The van der Waals surface area contributed by atoms with E-state index in [9.17, 15) is 0 Å². The maximum absolute atomic E-state index is 4.31. The maximum atomic E-state index is 4.31. The molecule has 0 saturated carbocycles. The third-order valence-electron chi connectivity index (χ3n) is 3.76. The van der Waals surface area contributed by atoms with Crippen molar-refractivity contribution in [3.8, 4) is 0 Å². The molecule has 0 fully saturated rings. The van der Waals surface area contributed by atoms with E-state index in [0.717, 1.165) is 13.0 Å². The largest absolute Gasteiger partial charge is 0.297 e. The van der Waals surface area contributed by atoms with Crippen LogP contribution in [0.2, 0.25) is 0 Å². The number of hydrogen-bond donors (Lipinski definition) is 0. The highest BCUT2D eigenvalue weighted by atomic mass is 14.7. The van der Waals surface area contributed by atoms with Gasteiger partial charge in [-0.3, -0.25) is 4.99 Å². The number of nitrogens with zero attached hydrogens (tertiary/aromatic N) is 1. The second kappa shape index (κ2) is 5.29. The van der Waals surface area contributed by atoms with Gasteiger partial charge in [0.25, 0.3) is 0 Å². The molecule has 0 saturated heterocycles. The Hall–Kier alpha value is -1.11. The minimum atomic E-state index is 0.877. The summed E-state index contributed by atoms with van der Waals surface area (Å²) in [5, 5.41) is 0. The Kier molecular flexibility index (Phi) is 4.28. The van der Waals surface area contributed by atoms with Crippen LogP contribution in [-0.4, -0.2) is 12.8 Å². The van der Waals surface area contributed by atoms with Gasteiger partial charge in [0.15, 0.2) is 0 Å². The Balaban J connectivity index is 3.23. The quantitative estimate of drug-likeness (QED) is 0.682. The van der Waals surface area contributed by atoms with Gasteiger partial charge in [-0.1, -0.05) is 0 Å². The van der Waals surface area contributed by atoms with Crippen LogP contribution in [-0.2, 0) is 6.42 Å². The van der Waals surface area contributed by atoms with Crippen molar-refractivity contribution in [1.29, 1.82) is 0 Å². The van der Waals surface area contributed by atoms with Crippen LogP contribution in [0.4, 0.5) is 0 Å². The molecule has 0 atom stereocenters. The van der Waals surface area contributed by atoms with Crippen LogP contribution in [0.15, 0.2) is 4.99 Å². The van der Waals surface area contributed by atoms with E-state index in [2.05, 4.69) is 46.5 Å². The summed E-state index contributed by atoms with van der Waals surface area (Å²) in [6.45, 7) is 14.1. The topological polar surface area (TPSA) is 12.4 Å². The van der Waals surface area contributed by atoms with Crippen LogP contribution in [0.1, 0.15) is 40.3 Å². The molecule has 1 nitrogen and oxygen atoms in total. The van der Waals surface area contributed by atoms with Crippen LogP contribution < -0.4 is 0 Å². The van der Waals surface area contributed by atoms with Gasteiger partial charge < -0.3 is 0 Å². The molecule has 0 aromatic heterocycles. The highest BCUT2D eigenvalue weighted by Crippen LogP contribution is 2.25. The molecular weight excluding hydrogens is 194 g/mol. The van der Waals surface area contributed by atoms with Crippen molar-refractivity contribution < 1.29 is 0 Å². The molecule has 1 aromatic rings. The van der Waals surface area contributed by atoms with Crippen molar-refractivity contribution in [2.24, 2.45) is 4.99 Å². The molecule has 0 bridgehead atoms. The molecule has 0 heterocycles. The van der Waals surface area contributed by atoms with Crippen LogP contribution in [0.3, 0.4) is 0 Å². The van der Waals surface area contributed by atoms with E-state index >= 15 is 0 Å². The molecule has 0 N–H and O–H groups in total. The van der Waals surface area contributed by atoms with E-state index in [-0.39, 0.29) is 0 Å². The van der Waals surface area contributed by atoms with Crippen molar-refractivity contribution in [2.75, 3.05) is 6.54 Å². The van der Waals surface area contributed by atoms with Gasteiger partial charge in [0.2, 0.25) is 0 Å². The zero-order valence-corrected chi connectivity index (χ0v) is 11.4. The normalized spacial score (nSPS) is 11.4. The average molecular weight is 217 g/mol. The lowest BCUT2D eigenvalue weighted by Gasteiger charge is -2.17. The van der Waals surface area contributed by atoms with Gasteiger partial charge in [-0.15, -0.1) is 0 Å². The van der Waals surface area contributed by atoms with E-state index in [4.69, 9.17) is 0 Å². The molecule has 1 aromatic carbocycles. The van der Waals surface area contributed by atoms with E-state index < -0.39 is 0 Å². The smallest absolute Gasteiger partial charge is 0.0357 e. The molecule has 0 amide bonds. The predicted molar refractivity (Wildman–Crippen MR) is 72.9 cm³/mol. The van der Waals surface area contributed by atoms with E-state index in [1.54, 1.807) is 0 Å². The van der Waals surface area contributed by atoms with E-state index in [0.29, 0.717) is 0 Å². The number of aliphatic imine (C=N–C) groups is 1. The van der Waals surface area contributed by atoms with Crippen molar-refractivity contribution in [1.82, 2.24) is 0 Å². The van der Waals surface area contributed by atoms with Crippen LogP contribution in [0, 0.1) is 34.6 Å². The highest BCUT2D eigenvalue weighted by Gasteiger charge is 2.10. The van der Waals surface area contributed by atoms with Gasteiger partial charge in [0.1, 0.15) is 0 Å². The zero-order valence-electron chi connectivity index (χ0n) is 11.4. The second-order valence-corrected chi connectivity index (χ2v) is 4.49. The first-order chi connectivity index (χ1) is 7.50. The Morgan fingerprint density at radius 1 is 0.812 bits per heavy atom. The summed E-state index contributed by atoms with van der Waals surface area (Å²) in [6, 6.07) is 0. The van der Waals surface area contributed by atoms with Crippen molar-refractivity contribution in [3.05, 3.63) is 33.4 Å². The molecule has 0 aliphatic rings. The zero-order chi connectivity index (χ0) is 12.3. The molecule has 16 heavy (non-hydrogen) atoms. The number of rotatable bonds is 3.